The molecule has 8 heteroatoms. The Morgan fingerprint density at radius 2 is 1.67 bits per heavy atom. The molecule has 0 amide bonds. The van der Waals surface area contributed by atoms with Crippen LogP contribution in [-0.2, 0) is 6.54 Å². The normalized spacial score (nSPS) is 17.4. The highest BCUT2D eigenvalue weighted by atomic mass is 35.5. The molecule has 0 bridgehead atoms. The molecule has 2 fully saturated rings. The number of hydrogen-bond acceptors (Lipinski definition) is 6. The number of aromatic nitrogens is 2. The van der Waals surface area contributed by atoms with E-state index < -0.39 is 0 Å². The van der Waals surface area contributed by atoms with E-state index in [2.05, 4.69) is 20.9 Å². The highest BCUT2D eigenvalue weighted by Gasteiger charge is 2.19. The standard InChI is InChI=1S/C28H32Cl2N4O2/c29-23-14-22(15-24(30)16-23)26-12-21(18-33-10-6-20(19-35)7-11-33)13-28(32-26)36-25-4-5-27(31-17-25)34-8-2-1-3-9-34/h4-5,12-17,20,35H,1-3,6-11,18-19H2. The topological polar surface area (TPSA) is 61.7 Å². The van der Waals surface area contributed by atoms with Crippen LogP contribution in [0.25, 0.3) is 11.3 Å². The summed E-state index contributed by atoms with van der Waals surface area (Å²) in [6.07, 6.45) is 7.51. The molecule has 1 N–H and O–H groups in total. The highest BCUT2D eigenvalue weighted by Crippen LogP contribution is 2.31. The van der Waals surface area contributed by atoms with E-state index in [9.17, 15) is 5.11 Å². The van der Waals surface area contributed by atoms with Crippen molar-refractivity contribution in [1.82, 2.24) is 14.9 Å². The second-order valence-electron chi connectivity index (χ2n) is 9.76. The lowest BCUT2D eigenvalue weighted by molar-refractivity contribution is 0.127. The fourth-order valence-electron chi connectivity index (χ4n) is 5.00. The summed E-state index contributed by atoms with van der Waals surface area (Å²) in [6, 6.07) is 13.5. The molecular formula is C28H32Cl2N4O2. The van der Waals surface area contributed by atoms with Gasteiger partial charge < -0.3 is 14.7 Å². The Kier molecular flexibility index (Phi) is 8.27. The zero-order valence-electron chi connectivity index (χ0n) is 20.4. The number of benzene rings is 1. The first-order valence-electron chi connectivity index (χ1n) is 12.8. The molecule has 36 heavy (non-hydrogen) atoms. The average Bonchev–Trinajstić information content (AvgIpc) is 2.89. The Morgan fingerprint density at radius 1 is 0.917 bits per heavy atom. The largest absolute Gasteiger partial charge is 0.437 e. The van der Waals surface area contributed by atoms with Crippen molar-refractivity contribution in [3.63, 3.8) is 0 Å². The van der Waals surface area contributed by atoms with Crippen LogP contribution in [-0.4, -0.2) is 52.8 Å². The van der Waals surface area contributed by atoms with Gasteiger partial charge in [-0.1, -0.05) is 23.2 Å². The lowest BCUT2D eigenvalue weighted by atomic mass is 9.97. The fourth-order valence-corrected chi connectivity index (χ4v) is 5.53. The van der Waals surface area contributed by atoms with Gasteiger partial charge in [0.15, 0.2) is 0 Å². The maximum absolute atomic E-state index is 9.47. The molecule has 0 aliphatic carbocycles. The summed E-state index contributed by atoms with van der Waals surface area (Å²) in [5, 5.41) is 10.6. The predicted molar refractivity (Wildman–Crippen MR) is 145 cm³/mol. The van der Waals surface area contributed by atoms with Gasteiger partial charge in [0.2, 0.25) is 5.88 Å². The molecule has 0 radical (unpaired) electrons. The first kappa shape index (κ1) is 25.3. The summed E-state index contributed by atoms with van der Waals surface area (Å²) in [4.78, 5) is 14.2. The molecule has 2 saturated heterocycles. The quantitative estimate of drug-likeness (QED) is 0.382. The molecule has 0 unspecified atom stereocenters. The van der Waals surface area contributed by atoms with Crippen LogP contribution in [0, 0.1) is 5.92 Å². The Balaban J connectivity index is 1.38. The van der Waals surface area contributed by atoms with Gasteiger partial charge in [0.05, 0.1) is 11.9 Å². The number of ether oxygens (including phenoxy) is 1. The van der Waals surface area contributed by atoms with Crippen LogP contribution in [0.3, 0.4) is 0 Å². The SMILES string of the molecule is OCC1CCN(Cc2cc(Oc3ccc(N4CCCCC4)nc3)nc(-c3cc(Cl)cc(Cl)c3)c2)CC1. The van der Waals surface area contributed by atoms with Crippen molar-refractivity contribution in [2.45, 2.75) is 38.6 Å². The molecule has 0 spiro atoms. The van der Waals surface area contributed by atoms with Crippen molar-refractivity contribution in [3.05, 3.63) is 64.3 Å². The Morgan fingerprint density at radius 3 is 2.33 bits per heavy atom. The van der Waals surface area contributed by atoms with Gasteiger partial charge >= 0.3 is 0 Å². The second kappa shape index (κ2) is 11.8. The van der Waals surface area contributed by atoms with Gasteiger partial charge in [0.1, 0.15) is 11.6 Å². The number of rotatable bonds is 7. The van der Waals surface area contributed by atoms with Gasteiger partial charge in [-0.25, -0.2) is 9.97 Å². The maximum Gasteiger partial charge on any atom is 0.220 e. The van der Waals surface area contributed by atoms with Crippen LogP contribution >= 0.6 is 23.2 Å². The van der Waals surface area contributed by atoms with Crippen molar-refractivity contribution < 1.29 is 9.84 Å². The minimum Gasteiger partial charge on any atom is -0.437 e. The molecule has 6 nitrogen and oxygen atoms in total. The van der Waals surface area contributed by atoms with Crippen LogP contribution in [0.1, 0.15) is 37.7 Å². The van der Waals surface area contributed by atoms with Crippen LogP contribution < -0.4 is 9.64 Å². The zero-order valence-corrected chi connectivity index (χ0v) is 21.9. The molecule has 2 aromatic heterocycles. The number of piperidine rings is 2. The third-order valence-corrected chi connectivity index (χ3v) is 7.45. The summed E-state index contributed by atoms with van der Waals surface area (Å²) in [7, 11) is 0. The second-order valence-corrected chi connectivity index (χ2v) is 10.6. The van der Waals surface area contributed by atoms with Crippen LogP contribution in [0.15, 0.2) is 48.7 Å². The number of aliphatic hydroxyl groups is 1. The van der Waals surface area contributed by atoms with Gasteiger partial charge in [-0.2, -0.15) is 0 Å². The van der Waals surface area contributed by atoms with E-state index in [0.717, 1.165) is 68.2 Å². The Labute approximate surface area is 222 Å². The van der Waals surface area contributed by atoms with E-state index >= 15 is 0 Å². The van der Waals surface area contributed by atoms with Gasteiger partial charge in [0, 0.05) is 47.9 Å². The van der Waals surface area contributed by atoms with E-state index in [0.29, 0.717) is 27.6 Å². The molecule has 5 rings (SSSR count). The highest BCUT2D eigenvalue weighted by molar-refractivity contribution is 6.35. The molecule has 4 heterocycles. The first-order chi connectivity index (χ1) is 17.6. The molecular weight excluding hydrogens is 495 g/mol. The number of aliphatic hydroxyl groups excluding tert-OH is 1. The molecule has 3 aromatic rings. The lowest BCUT2D eigenvalue weighted by Crippen LogP contribution is -2.34. The number of likely N-dealkylation sites (tertiary alicyclic amines) is 1. The number of hydrogen-bond donors (Lipinski definition) is 1. The van der Waals surface area contributed by atoms with Gasteiger partial charge in [0.25, 0.3) is 0 Å². The number of pyridine rings is 2. The van der Waals surface area contributed by atoms with Crippen molar-refractivity contribution >= 4 is 29.0 Å². The van der Waals surface area contributed by atoms with Crippen molar-refractivity contribution in [2.24, 2.45) is 5.92 Å². The van der Waals surface area contributed by atoms with E-state index in [1.54, 1.807) is 12.3 Å². The van der Waals surface area contributed by atoms with E-state index in [4.69, 9.17) is 32.9 Å². The minimum atomic E-state index is 0.269. The van der Waals surface area contributed by atoms with E-state index in [-0.39, 0.29) is 6.61 Å². The van der Waals surface area contributed by atoms with E-state index in [1.807, 2.05) is 30.3 Å². The van der Waals surface area contributed by atoms with Crippen LogP contribution in [0.2, 0.25) is 10.0 Å². The maximum atomic E-state index is 9.47. The van der Waals surface area contributed by atoms with Crippen LogP contribution in [0.4, 0.5) is 5.82 Å². The third-order valence-electron chi connectivity index (χ3n) is 7.01. The zero-order chi connectivity index (χ0) is 24.9. The molecule has 2 aliphatic rings. The summed E-state index contributed by atoms with van der Waals surface area (Å²) in [6.45, 7) is 5.08. The van der Waals surface area contributed by atoms with Crippen molar-refractivity contribution in [3.8, 4) is 22.9 Å². The van der Waals surface area contributed by atoms with Gasteiger partial charge in [-0.05, 0) is 93.1 Å². The number of halogens is 2. The smallest absolute Gasteiger partial charge is 0.220 e. The molecule has 0 atom stereocenters. The monoisotopic (exact) mass is 526 g/mol. The van der Waals surface area contributed by atoms with Gasteiger partial charge in [-0.3, -0.25) is 4.90 Å². The number of nitrogens with zero attached hydrogens (tertiary/aromatic N) is 4. The summed E-state index contributed by atoms with van der Waals surface area (Å²) in [5.41, 5.74) is 2.71. The van der Waals surface area contributed by atoms with Crippen LogP contribution in [0.5, 0.6) is 11.6 Å². The summed E-state index contributed by atoms with van der Waals surface area (Å²) < 4.78 is 6.20. The third kappa shape index (κ3) is 6.48. The lowest BCUT2D eigenvalue weighted by Gasteiger charge is -2.31. The molecule has 1 aromatic carbocycles. The van der Waals surface area contributed by atoms with Crippen molar-refractivity contribution in [1.29, 1.82) is 0 Å². The minimum absolute atomic E-state index is 0.269. The summed E-state index contributed by atoms with van der Waals surface area (Å²) in [5.74, 6) is 2.56. The predicted octanol–water partition coefficient (Wildman–Crippen LogP) is 6.44. The van der Waals surface area contributed by atoms with Crippen molar-refractivity contribution in [2.75, 3.05) is 37.7 Å². The molecule has 2 aliphatic heterocycles. The average molecular weight is 527 g/mol. The Bertz CT molecular complexity index is 1140. The first-order valence-corrected chi connectivity index (χ1v) is 13.5. The molecule has 0 saturated carbocycles. The Hall–Kier alpha value is -2.38. The van der Waals surface area contributed by atoms with Gasteiger partial charge in [-0.15, -0.1) is 0 Å². The summed E-state index contributed by atoms with van der Waals surface area (Å²) >= 11 is 12.6. The fraction of sp³-hybridized carbons (Fsp3) is 0.429. The number of anilines is 1. The molecule has 190 valence electrons. The van der Waals surface area contributed by atoms with E-state index in [1.165, 1.54) is 19.3 Å².